The van der Waals surface area contributed by atoms with Crippen LogP contribution in [0.2, 0.25) is 0 Å². The number of rotatable bonds is 6. The monoisotopic (exact) mass is 398 g/mol. The van der Waals surface area contributed by atoms with E-state index in [4.69, 9.17) is 0 Å². The zero-order valence-electron chi connectivity index (χ0n) is 16.5. The molecule has 2 fully saturated rings. The molecule has 5 heteroatoms. The van der Waals surface area contributed by atoms with E-state index < -0.39 is 24.0 Å². The molecule has 1 nitrogen and oxygen atoms in total. The Morgan fingerprint density at radius 1 is 0.929 bits per heavy atom. The largest absolute Gasteiger partial charge is 0.429 e. The fourth-order valence-corrected chi connectivity index (χ4v) is 5.08. The highest BCUT2D eigenvalue weighted by Crippen LogP contribution is 2.44. The van der Waals surface area contributed by atoms with Crippen LogP contribution >= 0.6 is 0 Å². The third-order valence-corrected chi connectivity index (χ3v) is 6.60. The van der Waals surface area contributed by atoms with Crippen LogP contribution in [0.4, 0.5) is 17.6 Å². The lowest BCUT2D eigenvalue weighted by Crippen LogP contribution is -2.25. The molecule has 2 saturated carbocycles. The number of benzene rings is 1. The van der Waals surface area contributed by atoms with Crippen molar-refractivity contribution in [3.05, 3.63) is 41.5 Å². The second-order valence-electron chi connectivity index (χ2n) is 8.32. The lowest BCUT2D eigenvalue weighted by atomic mass is 9.68. The molecule has 2 aliphatic rings. The third-order valence-electron chi connectivity index (χ3n) is 6.60. The highest BCUT2D eigenvalue weighted by molar-refractivity contribution is 5.33. The first-order valence-corrected chi connectivity index (χ1v) is 10.6. The van der Waals surface area contributed by atoms with Crippen molar-refractivity contribution in [3.8, 4) is 5.75 Å². The number of alkyl halides is 2. The molecule has 0 aromatic heterocycles. The maximum Gasteiger partial charge on any atom is 0.387 e. The Balaban J connectivity index is 1.54. The van der Waals surface area contributed by atoms with Crippen molar-refractivity contribution in [2.75, 3.05) is 0 Å². The van der Waals surface area contributed by atoms with Crippen LogP contribution < -0.4 is 4.74 Å². The van der Waals surface area contributed by atoms with Gasteiger partial charge in [0.15, 0.2) is 17.4 Å². The summed E-state index contributed by atoms with van der Waals surface area (Å²) in [6.07, 6.45) is 14.8. The number of hydrogen-bond donors (Lipinski definition) is 0. The highest BCUT2D eigenvalue weighted by atomic mass is 19.3. The average molecular weight is 398 g/mol. The van der Waals surface area contributed by atoms with Gasteiger partial charge in [0.25, 0.3) is 0 Å². The molecule has 0 amide bonds. The Morgan fingerprint density at radius 3 is 1.96 bits per heavy atom. The van der Waals surface area contributed by atoms with Gasteiger partial charge in [-0.1, -0.05) is 19.1 Å². The second-order valence-corrected chi connectivity index (χ2v) is 8.32. The van der Waals surface area contributed by atoms with Crippen molar-refractivity contribution in [3.63, 3.8) is 0 Å². The summed E-state index contributed by atoms with van der Waals surface area (Å²) in [5, 5.41) is 0. The molecule has 0 atom stereocenters. The number of ether oxygens (including phenoxy) is 1. The Morgan fingerprint density at radius 2 is 1.46 bits per heavy atom. The Kier molecular flexibility index (Phi) is 7.42. The topological polar surface area (TPSA) is 9.23 Å². The standard InChI is InChI=1S/C23H30F4O/c1-2-3-4-15-5-7-16(8-6-15)17-9-11-18(12-10-17)19-13-20(24)22(21(25)14-19)28-23(26)27/h3-4,13-18,23H,2,5-12H2,1H3. The zero-order chi connectivity index (χ0) is 20.1. The second kappa shape index (κ2) is 9.80. The van der Waals surface area contributed by atoms with Crippen LogP contribution in [0.5, 0.6) is 5.75 Å². The molecule has 0 bridgehead atoms. The van der Waals surface area contributed by atoms with Gasteiger partial charge in [0.1, 0.15) is 0 Å². The quantitative estimate of drug-likeness (QED) is 0.354. The Bertz CT molecular complexity index is 634. The minimum absolute atomic E-state index is 0.0877. The number of allylic oxidation sites excluding steroid dienone is 2. The van der Waals surface area contributed by atoms with Crippen LogP contribution in [0.1, 0.15) is 76.2 Å². The molecule has 1 aromatic rings. The van der Waals surface area contributed by atoms with Crippen molar-refractivity contribution in [2.45, 2.75) is 77.2 Å². The molecule has 0 unspecified atom stereocenters. The summed E-state index contributed by atoms with van der Waals surface area (Å²) in [6.45, 7) is -1.07. The minimum Gasteiger partial charge on any atom is -0.429 e. The fraction of sp³-hybridized carbons (Fsp3) is 0.652. The lowest BCUT2D eigenvalue weighted by molar-refractivity contribution is -0.0546. The fourth-order valence-electron chi connectivity index (χ4n) is 5.08. The first-order chi connectivity index (χ1) is 13.5. The first-order valence-electron chi connectivity index (χ1n) is 10.6. The van der Waals surface area contributed by atoms with E-state index in [0.29, 0.717) is 11.5 Å². The van der Waals surface area contributed by atoms with E-state index in [9.17, 15) is 17.6 Å². The van der Waals surface area contributed by atoms with Crippen LogP contribution in [-0.2, 0) is 0 Å². The van der Waals surface area contributed by atoms with Gasteiger partial charge in [-0.15, -0.1) is 0 Å². The van der Waals surface area contributed by atoms with E-state index in [1.54, 1.807) is 0 Å². The summed E-state index contributed by atoms with van der Waals surface area (Å²) in [6, 6.07) is 2.33. The average Bonchev–Trinajstić information content (AvgIpc) is 2.69. The van der Waals surface area contributed by atoms with Crippen LogP contribution in [0.3, 0.4) is 0 Å². The predicted octanol–water partition coefficient (Wildman–Crippen LogP) is 7.61. The molecule has 0 radical (unpaired) electrons. The molecule has 0 saturated heterocycles. The van der Waals surface area contributed by atoms with Crippen molar-refractivity contribution in [1.82, 2.24) is 0 Å². The summed E-state index contributed by atoms with van der Waals surface area (Å²) >= 11 is 0. The van der Waals surface area contributed by atoms with Gasteiger partial charge in [-0.25, -0.2) is 8.78 Å². The molecule has 1 aromatic carbocycles. The molecule has 28 heavy (non-hydrogen) atoms. The smallest absolute Gasteiger partial charge is 0.387 e. The van der Waals surface area contributed by atoms with Crippen LogP contribution in [0, 0.1) is 29.4 Å². The SMILES string of the molecule is CCC=CC1CCC(C2CCC(c3cc(F)c(OC(F)F)c(F)c3)CC2)CC1. The van der Waals surface area contributed by atoms with Gasteiger partial charge in [-0.05, 0) is 99.2 Å². The van der Waals surface area contributed by atoms with Gasteiger partial charge < -0.3 is 4.74 Å². The van der Waals surface area contributed by atoms with Crippen molar-refractivity contribution < 1.29 is 22.3 Å². The first kappa shape index (κ1) is 21.2. The summed E-state index contributed by atoms with van der Waals surface area (Å²) in [5.74, 6) is -0.795. The molecular weight excluding hydrogens is 368 g/mol. The van der Waals surface area contributed by atoms with Gasteiger partial charge in [-0.3, -0.25) is 0 Å². The summed E-state index contributed by atoms with van der Waals surface area (Å²) in [5.41, 5.74) is 0.559. The van der Waals surface area contributed by atoms with Crippen molar-refractivity contribution in [2.24, 2.45) is 17.8 Å². The predicted molar refractivity (Wildman–Crippen MR) is 103 cm³/mol. The number of hydrogen-bond acceptors (Lipinski definition) is 1. The van der Waals surface area contributed by atoms with Crippen molar-refractivity contribution in [1.29, 1.82) is 0 Å². The normalized spacial score (nSPS) is 28.8. The molecule has 0 aliphatic heterocycles. The van der Waals surface area contributed by atoms with E-state index in [1.807, 2.05) is 0 Å². The van der Waals surface area contributed by atoms with E-state index in [2.05, 4.69) is 23.8 Å². The maximum atomic E-state index is 14.0. The summed E-state index contributed by atoms with van der Waals surface area (Å²) < 4.78 is 56.6. The molecule has 0 spiro atoms. The maximum absolute atomic E-state index is 14.0. The highest BCUT2D eigenvalue weighted by Gasteiger charge is 2.31. The van der Waals surface area contributed by atoms with E-state index >= 15 is 0 Å². The van der Waals surface area contributed by atoms with Gasteiger partial charge >= 0.3 is 6.61 Å². The van der Waals surface area contributed by atoms with Gasteiger partial charge in [-0.2, -0.15) is 8.78 Å². The Hall–Kier alpha value is -1.52. The van der Waals surface area contributed by atoms with E-state index in [0.717, 1.165) is 56.1 Å². The van der Waals surface area contributed by atoms with Crippen LogP contribution in [-0.4, -0.2) is 6.61 Å². The van der Waals surface area contributed by atoms with Crippen molar-refractivity contribution >= 4 is 0 Å². The molecular formula is C23H30F4O. The van der Waals surface area contributed by atoms with Gasteiger partial charge in [0, 0.05) is 0 Å². The molecule has 0 heterocycles. The molecule has 2 aliphatic carbocycles. The third kappa shape index (κ3) is 5.30. The van der Waals surface area contributed by atoms with Crippen LogP contribution in [0.25, 0.3) is 0 Å². The number of halogens is 4. The minimum atomic E-state index is -3.24. The van der Waals surface area contributed by atoms with Gasteiger partial charge in [0.2, 0.25) is 0 Å². The Labute approximate surface area is 165 Å². The lowest BCUT2D eigenvalue weighted by Gasteiger charge is -2.37. The zero-order valence-corrected chi connectivity index (χ0v) is 16.5. The van der Waals surface area contributed by atoms with Gasteiger partial charge in [0.05, 0.1) is 0 Å². The summed E-state index contributed by atoms with van der Waals surface area (Å²) in [4.78, 5) is 0. The molecule has 3 rings (SSSR count). The van der Waals surface area contributed by atoms with E-state index in [1.165, 1.54) is 25.7 Å². The molecule has 0 N–H and O–H groups in total. The summed E-state index contributed by atoms with van der Waals surface area (Å²) in [7, 11) is 0. The van der Waals surface area contributed by atoms with E-state index in [-0.39, 0.29) is 5.92 Å². The van der Waals surface area contributed by atoms with Crippen LogP contribution in [0.15, 0.2) is 24.3 Å². The molecule has 156 valence electrons.